The largest absolute Gasteiger partial charge is 0.337 e. The number of rotatable bonds is 3. The summed E-state index contributed by atoms with van der Waals surface area (Å²) < 4.78 is 30.3. The molecule has 10 heteroatoms. The summed E-state index contributed by atoms with van der Waals surface area (Å²) in [7, 11) is -2.03. The van der Waals surface area contributed by atoms with E-state index in [4.69, 9.17) is 0 Å². The molecule has 0 atom stereocenters. The molecule has 1 saturated heterocycles. The van der Waals surface area contributed by atoms with Crippen molar-refractivity contribution in [2.24, 2.45) is 4.40 Å². The second-order valence-electron chi connectivity index (χ2n) is 6.22. The summed E-state index contributed by atoms with van der Waals surface area (Å²) in [5.74, 6) is -0.232. The number of carbonyl (C=O) groups excluding carboxylic acids is 1. The van der Waals surface area contributed by atoms with Gasteiger partial charge in [-0.1, -0.05) is 39.8 Å². The van der Waals surface area contributed by atoms with Crippen LogP contribution in [-0.4, -0.2) is 38.0 Å². The van der Waals surface area contributed by atoms with E-state index < -0.39 is 10.0 Å². The van der Waals surface area contributed by atoms with Crippen molar-refractivity contribution in [3.63, 3.8) is 0 Å². The SMILES string of the molecule is CCN1C(=O)C(=C2Sc3ccccc3N2C)SC1=NS(=O)(=O)c1ccc(Br)cc1. The lowest BCUT2D eigenvalue weighted by Gasteiger charge is -2.15. The number of hydrogen-bond acceptors (Lipinski definition) is 6. The molecule has 0 unspecified atom stereocenters. The normalized spacial score (nSPS) is 20.7. The molecule has 0 radical (unpaired) electrons. The van der Waals surface area contributed by atoms with E-state index in [0.29, 0.717) is 11.4 Å². The van der Waals surface area contributed by atoms with Crippen molar-refractivity contribution in [2.45, 2.75) is 16.7 Å². The highest BCUT2D eigenvalue weighted by atomic mass is 79.9. The Morgan fingerprint density at radius 3 is 2.41 bits per heavy atom. The molecule has 0 bridgehead atoms. The fourth-order valence-corrected chi connectivity index (χ4v) is 6.80. The van der Waals surface area contributed by atoms with Crippen LogP contribution in [0.15, 0.2) is 77.1 Å². The van der Waals surface area contributed by atoms with Crippen molar-refractivity contribution in [1.82, 2.24) is 4.90 Å². The van der Waals surface area contributed by atoms with E-state index in [2.05, 4.69) is 20.3 Å². The number of halogens is 1. The highest BCUT2D eigenvalue weighted by Crippen LogP contribution is 2.49. The van der Waals surface area contributed by atoms with E-state index >= 15 is 0 Å². The van der Waals surface area contributed by atoms with Crippen molar-refractivity contribution in [2.75, 3.05) is 18.5 Å². The third-order valence-corrected chi connectivity index (χ3v) is 8.78. The fraction of sp³-hybridized carbons (Fsp3) is 0.158. The van der Waals surface area contributed by atoms with Gasteiger partial charge in [0.15, 0.2) is 5.17 Å². The number of fused-ring (bicyclic) bond motifs is 1. The van der Waals surface area contributed by atoms with Gasteiger partial charge < -0.3 is 4.90 Å². The van der Waals surface area contributed by atoms with Crippen molar-refractivity contribution in [3.05, 3.63) is 62.9 Å². The van der Waals surface area contributed by atoms with E-state index in [1.807, 2.05) is 36.2 Å². The Hall–Kier alpha value is -1.75. The van der Waals surface area contributed by atoms with E-state index in [0.717, 1.165) is 31.8 Å². The summed E-state index contributed by atoms with van der Waals surface area (Å²) in [6.07, 6.45) is 0. The Bertz CT molecular complexity index is 1160. The van der Waals surface area contributed by atoms with Crippen LogP contribution >= 0.6 is 39.5 Å². The first-order valence-electron chi connectivity index (χ1n) is 8.67. The molecule has 6 nitrogen and oxygen atoms in total. The van der Waals surface area contributed by atoms with Gasteiger partial charge in [-0.25, -0.2) is 0 Å². The molecule has 0 saturated carbocycles. The molecular formula is C19H16BrN3O3S3. The van der Waals surface area contributed by atoms with E-state index in [1.54, 1.807) is 19.1 Å². The number of benzene rings is 2. The van der Waals surface area contributed by atoms with Gasteiger partial charge in [0.05, 0.1) is 15.6 Å². The summed E-state index contributed by atoms with van der Waals surface area (Å²) in [5, 5.41) is 0.957. The molecule has 0 N–H and O–H groups in total. The first-order valence-corrected chi connectivity index (χ1v) is 12.5. The molecule has 2 aliphatic rings. The third-order valence-electron chi connectivity index (χ3n) is 4.42. The van der Waals surface area contributed by atoms with Crippen LogP contribution in [0.3, 0.4) is 0 Å². The Balaban J connectivity index is 1.73. The van der Waals surface area contributed by atoms with Crippen LogP contribution < -0.4 is 4.90 Å². The van der Waals surface area contributed by atoms with E-state index in [-0.39, 0.29) is 16.0 Å². The standard InChI is InChI=1S/C19H16BrN3O3S3/c1-3-23-17(24)16(18-22(2)14-6-4-5-7-15(14)27-18)28-19(23)21-29(25,26)13-10-8-12(20)9-11-13/h4-11H,3H2,1-2H3. The number of amidine groups is 1. The van der Waals surface area contributed by atoms with Gasteiger partial charge in [-0.3, -0.25) is 9.69 Å². The highest BCUT2D eigenvalue weighted by Gasteiger charge is 2.39. The molecular weight excluding hydrogens is 494 g/mol. The Kier molecular flexibility index (Phi) is 5.54. The average Bonchev–Trinajstić information content (AvgIpc) is 3.18. The number of nitrogens with zero attached hydrogens (tertiary/aromatic N) is 3. The molecule has 0 aliphatic carbocycles. The first-order chi connectivity index (χ1) is 13.8. The maximum absolute atomic E-state index is 13.0. The van der Waals surface area contributed by atoms with Crippen molar-refractivity contribution >= 4 is 66.2 Å². The number of amides is 1. The molecule has 2 aromatic carbocycles. The van der Waals surface area contributed by atoms with Crippen LogP contribution in [0.4, 0.5) is 5.69 Å². The second kappa shape index (κ2) is 7.82. The van der Waals surface area contributed by atoms with E-state index in [1.165, 1.54) is 28.8 Å². The van der Waals surface area contributed by atoms with E-state index in [9.17, 15) is 13.2 Å². The maximum atomic E-state index is 13.0. The van der Waals surface area contributed by atoms with Gasteiger partial charge in [-0.2, -0.15) is 8.42 Å². The third kappa shape index (κ3) is 3.74. The molecule has 29 heavy (non-hydrogen) atoms. The molecule has 2 aromatic rings. The van der Waals surface area contributed by atoms with Crippen molar-refractivity contribution in [3.8, 4) is 0 Å². The number of sulfonamides is 1. The lowest BCUT2D eigenvalue weighted by Crippen LogP contribution is -2.30. The summed E-state index contributed by atoms with van der Waals surface area (Å²) in [6.45, 7) is 2.13. The lowest BCUT2D eigenvalue weighted by atomic mass is 10.3. The van der Waals surface area contributed by atoms with Gasteiger partial charge in [0, 0.05) is 23.0 Å². The Labute approximate surface area is 186 Å². The number of anilines is 1. The van der Waals surface area contributed by atoms with Crippen LogP contribution in [0.2, 0.25) is 0 Å². The number of carbonyl (C=O) groups is 1. The average molecular weight is 510 g/mol. The maximum Gasteiger partial charge on any atom is 0.284 e. The molecule has 4 rings (SSSR count). The molecule has 150 valence electrons. The molecule has 0 aromatic heterocycles. The van der Waals surface area contributed by atoms with Crippen LogP contribution in [0, 0.1) is 0 Å². The van der Waals surface area contributed by atoms with Crippen LogP contribution in [0.5, 0.6) is 0 Å². The smallest absolute Gasteiger partial charge is 0.284 e. The molecule has 1 fully saturated rings. The summed E-state index contributed by atoms with van der Waals surface area (Å²) in [6, 6.07) is 14.1. The zero-order chi connectivity index (χ0) is 20.8. The molecule has 1 amide bonds. The molecule has 2 aliphatic heterocycles. The summed E-state index contributed by atoms with van der Waals surface area (Å²) in [4.78, 5) is 18.0. The fourth-order valence-electron chi connectivity index (χ4n) is 2.94. The molecule has 0 spiro atoms. The number of thioether (sulfide) groups is 2. The van der Waals surface area contributed by atoms with Crippen molar-refractivity contribution < 1.29 is 13.2 Å². The van der Waals surface area contributed by atoms with Gasteiger partial charge in [0.25, 0.3) is 15.9 Å². The van der Waals surface area contributed by atoms with Crippen LogP contribution in [0.1, 0.15) is 6.92 Å². The Morgan fingerprint density at radius 2 is 1.76 bits per heavy atom. The van der Waals surface area contributed by atoms with Gasteiger partial charge >= 0.3 is 0 Å². The number of para-hydroxylation sites is 1. The predicted octanol–water partition coefficient (Wildman–Crippen LogP) is 4.50. The molecule has 2 heterocycles. The number of likely N-dealkylation sites (N-methyl/N-ethyl adjacent to an activating group) is 1. The van der Waals surface area contributed by atoms with Gasteiger partial charge in [-0.05, 0) is 55.1 Å². The highest BCUT2D eigenvalue weighted by molar-refractivity contribution is 9.10. The summed E-state index contributed by atoms with van der Waals surface area (Å²) in [5.41, 5.74) is 1.02. The first kappa shape index (κ1) is 20.5. The van der Waals surface area contributed by atoms with Crippen LogP contribution in [0.25, 0.3) is 0 Å². The predicted molar refractivity (Wildman–Crippen MR) is 121 cm³/mol. The van der Waals surface area contributed by atoms with Gasteiger partial charge in [0.2, 0.25) is 0 Å². The monoisotopic (exact) mass is 509 g/mol. The zero-order valence-corrected chi connectivity index (χ0v) is 19.5. The van der Waals surface area contributed by atoms with Crippen molar-refractivity contribution in [1.29, 1.82) is 0 Å². The van der Waals surface area contributed by atoms with Gasteiger partial charge in [0.1, 0.15) is 4.91 Å². The minimum atomic E-state index is -3.93. The minimum Gasteiger partial charge on any atom is -0.337 e. The zero-order valence-electron chi connectivity index (χ0n) is 15.5. The Morgan fingerprint density at radius 1 is 1.07 bits per heavy atom. The topological polar surface area (TPSA) is 70.1 Å². The number of hydrogen-bond donors (Lipinski definition) is 0. The summed E-state index contributed by atoms with van der Waals surface area (Å²) >= 11 is 5.90. The lowest BCUT2D eigenvalue weighted by molar-refractivity contribution is -0.122. The quantitative estimate of drug-likeness (QED) is 0.567. The second-order valence-corrected chi connectivity index (χ2v) is 10.7. The van der Waals surface area contributed by atoms with Gasteiger partial charge in [-0.15, -0.1) is 4.40 Å². The van der Waals surface area contributed by atoms with Crippen LogP contribution in [-0.2, 0) is 14.8 Å². The minimum absolute atomic E-state index is 0.0816.